The van der Waals surface area contributed by atoms with Crippen molar-refractivity contribution in [3.05, 3.63) is 113 Å². The summed E-state index contributed by atoms with van der Waals surface area (Å²) in [7, 11) is 4.02. The zero-order chi connectivity index (χ0) is 22.6. The van der Waals surface area contributed by atoms with Crippen LogP contribution in [-0.4, -0.2) is 20.1 Å². The van der Waals surface area contributed by atoms with E-state index in [1.165, 1.54) is 0 Å². The molecule has 4 aromatic rings. The highest BCUT2D eigenvalue weighted by Gasteiger charge is 2.54. The Labute approximate surface area is 192 Å². The molecule has 5 nitrogen and oxygen atoms in total. The number of anilines is 3. The third-order valence-electron chi connectivity index (χ3n) is 6.29. The fourth-order valence-electron chi connectivity index (χ4n) is 4.90. The number of hydrogen-bond donors (Lipinski definition) is 1. The molecule has 0 amide bonds. The van der Waals surface area contributed by atoms with Crippen molar-refractivity contribution in [2.75, 3.05) is 24.3 Å². The molecule has 162 valence electrons. The first-order chi connectivity index (χ1) is 16.1. The lowest BCUT2D eigenvalue weighted by molar-refractivity contribution is 0.0227. The highest BCUT2D eigenvalue weighted by molar-refractivity contribution is 5.97. The first-order valence-electron chi connectivity index (χ1n) is 10.9. The number of nitrogens with one attached hydrogen (secondary N) is 1. The van der Waals surface area contributed by atoms with E-state index in [2.05, 4.69) is 16.3 Å². The minimum Gasteiger partial charge on any atom is -0.456 e. The van der Waals surface area contributed by atoms with E-state index < -0.39 is 5.60 Å². The van der Waals surface area contributed by atoms with Gasteiger partial charge in [-0.2, -0.15) is 0 Å². The molecule has 1 unspecified atom stereocenters. The average Bonchev–Trinajstić information content (AvgIpc) is 3.12. The van der Waals surface area contributed by atoms with Gasteiger partial charge in [0.25, 0.3) is 0 Å². The number of esters is 1. The molecule has 0 radical (unpaired) electrons. The largest absolute Gasteiger partial charge is 0.456 e. The van der Waals surface area contributed by atoms with Crippen LogP contribution < -0.4 is 15.0 Å². The van der Waals surface area contributed by atoms with Gasteiger partial charge in [-0.15, -0.1) is 0 Å². The number of fused-ring (bicyclic) bond motifs is 6. The van der Waals surface area contributed by atoms with Crippen LogP contribution in [-0.2, 0) is 10.3 Å². The summed E-state index contributed by atoms with van der Waals surface area (Å²) < 4.78 is 12.6. The van der Waals surface area contributed by atoms with E-state index in [1.807, 2.05) is 99.0 Å². The Morgan fingerprint density at radius 3 is 2.24 bits per heavy atom. The van der Waals surface area contributed by atoms with Crippen molar-refractivity contribution in [3.63, 3.8) is 0 Å². The van der Waals surface area contributed by atoms with E-state index in [-0.39, 0.29) is 5.97 Å². The van der Waals surface area contributed by atoms with Crippen LogP contribution >= 0.6 is 0 Å². The first kappa shape index (κ1) is 19.4. The molecule has 1 atom stereocenters. The number of para-hydroxylation sites is 3. The van der Waals surface area contributed by atoms with Crippen molar-refractivity contribution >= 4 is 23.0 Å². The van der Waals surface area contributed by atoms with Crippen LogP contribution in [0.5, 0.6) is 11.5 Å². The third kappa shape index (κ3) is 2.75. The van der Waals surface area contributed by atoms with Gasteiger partial charge in [0.15, 0.2) is 5.60 Å². The molecule has 0 aliphatic carbocycles. The Balaban J connectivity index is 1.63. The van der Waals surface area contributed by atoms with E-state index in [0.29, 0.717) is 17.1 Å². The van der Waals surface area contributed by atoms with Gasteiger partial charge in [-0.25, -0.2) is 4.79 Å². The van der Waals surface area contributed by atoms with Gasteiger partial charge in [-0.05, 0) is 36.4 Å². The zero-order valence-corrected chi connectivity index (χ0v) is 18.3. The summed E-state index contributed by atoms with van der Waals surface area (Å²) in [6.07, 6.45) is 0. The van der Waals surface area contributed by atoms with Crippen LogP contribution in [0.25, 0.3) is 0 Å². The molecule has 5 heteroatoms. The van der Waals surface area contributed by atoms with Crippen LogP contribution in [0.15, 0.2) is 91.0 Å². The van der Waals surface area contributed by atoms with Gasteiger partial charge in [-0.3, -0.25) is 0 Å². The number of nitrogens with zero attached hydrogens (tertiary/aromatic N) is 1. The Bertz CT molecular complexity index is 1410. The summed E-state index contributed by atoms with van der Waals surface area (Å²) in [5.41, 5.74) is 4.70. The van der Waals surface area contributed by atoms with Crippen molar-refractivity contribution < 1.29 is 14.3 Å². The smallest absolute Gasteiger partial charge is 0.340 e. The highest BCUT2D eigenvalue weighted by Crippen LogP contribution is 2.58. The summed E-state index contributed by atoms with van der Waals surface area (Å²) >= 11 is 0. The predicted octanol–water partition coefficient (Wildman–Crippen LogP) is 6.06. The second-order valence-corrected chi connectivity index (χ2v) is 8.43. The van der Waals surface area contributed by atoms with Gasteiger partial charge >= 0.3 is 5.97 Å². The molecule has 0 fully saturated rings. The monoisotopic (exact) mass is 434 g/mol. The Morgan fingerprint density at radius 2 is 1.39 bits per heavy atom. The quantitative estimate of drug-likeness (QED) is 0.397. The molecule has 2 aliphatic rings. The predicted molar refractivity (Wildman–Crippen MR) is 129 cm³/mol. The standard InChI is InChI=1S/C28H22N2O3/c1-30(2)23-15-7-6-13-21(23)29-22-14-9-17-25-26(22)28(20-12-5-8-16-24(20)32-25)19-11-4-3-10-18(19)27(31)33-28/h3-17,29H,1-2H3. The van der Waals surface area contributed by atoms with Gasteiger partial charge in [0.2, 0.25) is 0 Å². The fourth-order valence-corrected chi connectivity index (χ4v) is 4.90. The topological polar surface area (TPSA) is 50.8 Å². The maximum Gasteiger partial charge on any atom is 0.340 e. The third-order valence-corrected chi connectivity index (χ3v) is 6.29. The molecule has 0 bridgehead atoms. The van der Waals surface area contributed by atoms with E-state index >= 15 is 0 Å². The van der Waals surface area contributed by atoms with Crippen molar-refractivity contribution in [3.8, 4) is 11.5 Å². The van der Waals surface area contributed by atoms with Crippen LogP contribution in [0.3, 0.4) is 0 Å². The van der Waals surface area contributed by atoms with E-state index in [0.717, 1.165) is 33.8 Å². The molecular formula is C28H22N2O3. The summed E-state index contributed by atoms with van der Waals surface area (Å²) in [5.74, 6) is 1.00. The second-order valence-electron chi connectivity index (χ2n) is 8.43. The van der Waals surface area contributed by atoms with Crippen molar-refractivity contribution in [1.82, 2.24) is 0 Å². The minimum absolute atomic E-state index is 0.336. The van der Waals surface area contributed by atoms with Gasteiger partial charge in [0.05, 0.1) is 28.2 Å². The molecular weight excluding hydrogens is 412 g/mol. The number of carbonyl (C=O) groups excluding carboxylic acids is 1. The summed E-state index contributed by atoms with van der Waals surface area (Å²) in [5, 5.41) is 3.60. The number of hydrogen-bond acceptors (Lipinski definition) is 5. The maximum absolute atomic E-state index is 13.1. The molecule has 6 rings (SSSR count). The Morgan fingerprint density at radius 1 is 0.727 bits per heavy atom. The highest BCUT2D eigenvalue weighted by atomic mass is 16.6. The average molecular weight is 434 g/mol. The van der Waals surface area contributed by atoms with E-state index in [4.69, 9.17) is 9.47 Å². The fraction of sp³-hybridized carbons (Fsp3) is 0.107. The maximum atomic E-state index is 13.1. The number of carbonyl (C=O) groups is 1. The Kier molecular flexibility index (Phi) is 4.20. The van der Waals surface area contributed by atoms with Crippen LogP contribution in [0.1, 0.15) is 27.0 Å². The molecule has 33 heavy (non-hydrogen) atoms. The molecule has 0 aromatic heterocycles. The number of ether oxygens (including phenoxy) is 2. The lowest BCUT2D eigenvalue weighted by Gasteiger charge is -2.38. The van der Waals surface area contributed by atoms with Crippen LogP contribution in [0, 0.1) is 0 Å². The molecule has 2 aliphatic heterocycles. The lowest BCUT2D eigenvalue weighted by Crippen LogP contribution is -2.33. The van der Waals surface area contributed by atoms with Crippen molar-refractivity contribution in [2.45, 2.75) is 5.60 Å². The zero-order valence-electron chi connectivity index (χ0n) is 18.3. The van der Waals surface area contributed by atoms with E-state index in [9.17, 15) is 4.79 Å². The number of benzene rings is 4. The molecule has 0 saturated heterocycles. The first-order valence-corrected chi connectivity index (χ1v) is 10.9. The van der Waals surface area contributed by atoms with Crippen molar-refractivity contribution in [2.24, 2.45) is 0 Å². The molecule has 1 N–H and O–H groups in total. The normalized spacial score (nSPS) is 17.5. The van der Waals surface area contributed by atoms with E-state index in [1.54, 1.807) is 0 Å². The molecule has 2 heterocycles. The minimum atomic E-state index is -1.10. The second kappa shape index (κ2) is 7.14. The van der Waals surface area contributed by atoms with Gasteiger partial charge in [0.1, 0.15) is 11.5 Å². The van der Waals surface area contributed by atoms with Gasteiger partial charge in [-0.1, -0.05) is 54.6 Å². The summed E-state index contributed by atoms with van der Waals surface area (Å²) in [6, 6.07) is 29.3. The molecule has 1 spiro atoms. The molecule has 4 aromatic carbocycles. The Hall–Kier alpha value is -4.25. The van der Waals surface area contributed by atoms with Crippen molar-refractivity contribution in [1.29, 1.82) is 0 Å². The molecule has 0 saturated carbocycles. The van der Waals surface area contributed by atoms with Crippen LogP contribution in [0.4, 0.5) is 17.1 Å². The SMILES string of the molecule is CN(C)c1ccccc1Nc1cccc2c1C1(OC(=O)c3ccccc31)c1ccccc1O2. The lowest BCUT2D eigenvalue weighted by atomic mass is 9.77. The van der Waals surface area contributed by atoms with Gasteiger partial charge in [0, 0.05) is 25.2 Å². The van der Waals surface area contributed by atoms with Gasteiger partial charge < -0.3 is 19.7 Å². The van der Waals surface area contributed by atoms with Crippen LogP contribution in [0.2, 0.25) is 0 Å². The summed E-state index contributed by atoms with van der Waals surface area (Å²) in [4.78, 5) is 15.1. The summed E-state index contributed by atoms with van der Waals surface area (Å²) in [6.45, 7) is 0. The number of rotatable bonds is 3.